The summed E-state index contributed by atoms with van der Waals surface area (Å²) in [7, 11) is 0.308. The van der Waals surface area contributed by atoms with Gasteiger partial charge in [-0.25, -0.2) is 12.7 Å². The molecule has 2 N–H and O–H groups in total. The van der Waals surface area contributed by atoms with Crippen LogP contribution in [-0.4, -0.2) is 57.7 Å². The number of rotatable bonds is 7. The third kappa shape index (κ3) is 5.36. The average molecular weight is 290 g/mol. The minimum Gasteiger partial charge on any atom is -0.356 e. The molecular formula is C12H26N4O2S. The Balaban J connectivity index is 2.19. The molecule has 0 bridgehead atoms. The highest BCUT2D eigenvalue weighted by molar-refractivity contribution is 7.89. The molecule has 1 fully saturated rings. The third-order valence-electron chi connectivity index (χ3n) is 3.44. The van der Waals surface area contributed by atoms with Crippen LogP contribution >= 0.6 is 0 Å². The summed E-state index contributed by atoms with van der Waals surface area (Å²) in [5.74, 6) is 1.68. The number of nitrogens with one attached hydrogen (secondary N) is 2. The topological polar surface area (TPSA) is 73.8 Å². The van der Waals surface area contributed by atoms with Gasteiger partial charge in [0.2, 0.25) is 10.0 Å². The van der Waals surface area contributed by atoms with Crippen LogP contribution in [0.25, 0.3) is 0 Å². The van der Waals surface area contributed by atoms with Crippen LogP contribution in [0.4, 0.5) is 0 Å². The van der Waals surface area contributed by atoms with E-state index in [1.807, 2.05) is 0 Å². The molecule has 0 aromatic rings. The summed E-state index contributed by atoms with van der Waals surface area (Å²) in [4.78, 5) is 4.15. The fourth-order valence-corrected chi connectivity index (χ4v) is 2.61. The molecule has 1 saturated carbocycles. The quantitative estimate of drug-likeness (QED) is 0.400. The van der Waals surface area contributed by atoms with Gasteiger partial charge in [0.15, 0.2) is 5.96 Å². The Labute approximate surface area is 116 Å². The van der Waals surface area contributed by atoms with Crippen molar-refractivity contribution in [1.29, 1.82) is 0 Å². The van der Waals surface area contributed by atoms with Gasteiger partial charge in [0.25, 0.3) is 0 Å². The third-order valence-corrected chi connectivity index (χ3v) is 5.30. The second kappa shape index (κ2) is 7.09. The number of hydrogen-bond acceptors (Lipinski definition) is 3. The normalized spacial score (nSPS) is 23.5. The largest absolute Gasteiger partial charge is 0.356 e. The van der Waals surface area contributed by atoms with Gasteiger partial charge in [-0.3, -0.25) is 4.99 Å². The predicted molar refractivity (Wildman–Crippen MR) is 78.8 cm³/mol. The minimum absolute atomic E-state index is 0.153. The van der Waals surface area contributed by atoms with E-state index in [9.17, 15) is 8.42 Å². The predicted octanol–water partition coefficient (Wildman–Crippen LogP) is 0.231. The molecule has 1 aliphatic rings. The zero-order chi connectivity index (χ0) is 14.5. The van der Waals surface area contributed by atoms with Gasteiger partial charge in [-0.2, -0.15) is 0 Å². The molecule has 2 unspecified atom stereocenters. The van der Waals surface area contributed by atoms with Crippen molar-refractivity contribution in [3.8, 4) is 0 Å². The second-order valence-electron chi connectivity index (χ2n) is 5.04. The van der Waals surface area contributed by atoms with Gasteiger partial charge in [-0.1, -0.05) is 6.92 Å². The van der Waals surface area contributed by atoms with Crippen molar-refractivity contribution < 1.29 is 8.42 Å². The maximum atomic E-state index is 11.5. The zero-order valence-corrected chi connectivity index (χ0v) is 13.1. The van der Waals surface area contributed by atoms with E-state index in [0.717, 1.165) is 18.3 Å². The van der Waals surface area contributed by atoms with Crippen LogP contribution in [0.2, 0.25) is 0 Å². The molecule has 0 aliphatic heterocycles. The van der Waals surface area contributed by atoms with E-state index in [0.29, 0.717) is 19.1 Å². The van der Waals surface area contributed by atoms with Gasteiger partial charge < -0.3 is 10.6 Å². The lowest BCUT2D eigenvalue weighted by Crippen LogP contribution is -2.40. The molecule has 1 aliphatic carbocycles. The molecule has 7 heteroatoms. The van der Waals surface area contributed by atoms with Crippen LogP contribution in [0.15, 0.2) is 4.99 Å². The molecular weight excluding hydrogens is 264 g/mol. The Morgan fingerprint density at radius 1 is 1.47 bits per heavy atom. The summed E-state index contributed by atoms with van der Waals surface area (Å²) in [5, 5.41) is 6.53. The molecule has 0 aromatic carbocycles. The monoisotopic (exact) mass is 290 g/mol. The van der Waals surface area contributed by atoms with Gasteiger partial charge in [0.05, 0.1) is 5.75 Å². The van der Waals surface area contributed by atoms with Gasteiger partial charge in [-0.05, 0) is 25.7 Å². The number of aliphatic imine (C=N–C) groups is 1. The van der Waals surface area contributed by atoms with Crippen molar-refractivity contribution >= 4 is 16.0 Å². The summed E-state index contributed by atoms with van der Waals surface area (Å²) in [5.41, 5.74) is 0. The summed E-state index contributed by atoms with van der Waals surface area (Å²) in [6.07, 6.45) is 1.95. The number of guanidine groups is 1. The molecule has 0 aromatic heterocycles. The minimum atomic E-state index is -3.06. The van der Waals surface area contributed by atoms with Crippen molar-refractivity contribution in [2.24, 2.45) is 10.9 Å². The first-order valence-corrected chi connectivity index (χ1v) is 8.42. The zero-order valence-electron chi connectivity index (χ0n) is 12.3. The Morgan fingerprint density at radius 2 is 2.11 bits per heavy atom. The molecule has 19 heavy (non-hydrogen) atoms. The SMILES string of the molecule is CCS(=O)(=O)N(C)CCCNC(=NC)NC1CC1C. The van der Waals surface area contributed by atoms with Gasteiger partial charge in [0, 0.05) is 33.2 Å². The number of sulfonamides is 1. The first-order valence-electron chi connectivity index (χ1n) is 6.82. The summed E-state index contributed by atoms with van der Waals surface area (Å²) in [6.45, 7) is 5.10. The van der Waals surface area contributed by atoms with Crippen LogP contribution in [0.3, 0.4) is 0 Å². The fraction of sp³-hybridized carbons (Fsp3) is 0.917. The first kappa shape index (κ1) is 16.2. The summed E-state index contributed by atoms with van der Waals surface area (Å²) in [6, 6.07) is 0.536. The van der Waals surface area contributed by atoms with E-state index >= 15 is 0 Å². The Kier molecular flexibility index (Phi) is 6.06. The highest BCUT2D eigenvalue weighted by Gasteiger charge is 2.33. The van der Waals surface area contributed by atoms with E-state index in [1.54, 1.807) is 21.0 Å². The summed E-state index contributed by atoms with van der Waals surface area (Å²) < 4.78 is 24.5. The van der Waals surface area contributed by atoms with Crippen molar-refractivity contribution in [2.45, 2.75) is 32.7 Å². The van der Waals surface area contributed by atoms with Crippen LogP contribution in [-0.2, 0) is 10.0 Å². The lowest BCUT2D eigenvalue weighted by Gasteiger charge is -2.16. The molecule has 0 heterocycles. The molecule has 1 rings (SSSR count). The standard InChI is InChI=1S/C12H26N4O2S/c1-5-19(17,18)16(4)8-6-7-14-12(13-3)15-11-9-10(11)2/h10-11H,5-9H2,1-4H3,(H2,13,14,15). The van der Waals surface area contributed by atoms with Crippen molar-refractivity contribution in [1.82, 2.24) is 14.9 Å². The lowest BCUT2D eigenvalue weighted by molar-refractivity contribution is 0.461. The van der Waals surface area contributed by atoms with E-state index in [-0.39, 0.29) is 5.75 Å². The van der Waals surface area contributed by atoms with Gasteiger partial charge >= 0.3 is 0 Å². The molecule has 0 amide bonds. The maximum Gasteiger partial charge on any atom is 0.213 e. The highest BCUT2D eigenvalue weighted by atomic mass is 32.2. The smallest absolute Gasteiger partial charge is 0.213 e. The van der Waals surface area contributed by atoms with E-state index in [4.69, 9.17) is 0 Å². The van der Waals surface area contributed by atoms with Gasteiger partial charge in [0.1, 0.15) is 0 Å². The van der Waals surface area contributed by atoms with Crippen LogP contribution in [0.1, 0.15) is 26.7 Å². The molecule has 6 nitrogen and oxygen atoms in total. The molecule has 0 spiro atoms. The average Bonchev–Trinajstić information content (AvgIpc) is 3.08. The van der Waals surface area contributed by atoms with Crippen LogP contribution in [0, 0.1) is 5.92 Å². The number of nitrogens with zero attached hydrogens (tertiary/aromatic N) is 2. The Hall–Kier alpha value is -0.820. The van der Waals surface area contributed by atoms with E-state index < -0.39 is 10.0 Å². The first-order chi connectivity index (χ1) is 8.90. The Morgan fingerprint density at radius 3 is 2.58 bits per heavy atom. The second-order valence-corrected chi connectivity index (χ2v) is 7.40. The Bertz CT molecular complexity index is 408. The van der Waals surface area contributed by atoms with Crippen molar-refractivity contribution in [3.63, 3.8) is 0 Å². The van der Waals surface area contributed by atoms with Crippen molar-refractivity contribution in [2.75, 3.05) is 32.9 Å². The molecule has 2 atom stereocenters. The fourth-order valence-electron chi connectivity index (χ4n) is 1.76. The molecule has 112 valence electrons. The van der Waals surface area contributed by atoms with Crippen LogP contribution in [0.5, 0.6) is 0 Å². The maximum absolute atomic E-state index is 11.5. The van der Waals surface area contributed by atoms with E-state index in [1.165, 1.54) is 10.7 Å². The van der Waals surface area contributed by atoms with E-state index in [2.05, 4.69) is 22.5 Å². The molecule has 0 radical (unpaired) electrons. The summed E-state index contributed by atoms with van der Waals surface area (Å²) >= 11 is 0. The molecule has 0 saturated heterocycles. The highest BCUT2D eigenvalue weighted by Crippen LogP contribution is 2.28. The lowest BCUT2D eigenvalue weighted by atomic mass is 10.4. The van der Waals surface area contributed by atoms with Crippen molar-refractivity contribution in [3.05, 3.63) is 0 Å². The van der Waals surface area contributed by atoms with Gasteiger partial charge in [-0.15, -0.1) is 0 Å². The number of hydrogen-bond donors (Lipinski definition) is 2. The van der Waals surface area contributed by atoms with Crippen LogP contribution < -0.4 is 10.6 Å².